The molecule has 32 heavy (non-hydrogen) atoms. The molecule has 12 heteroatoms. The number of H-pyrrole nitrogens is 1. The van der Waals surface area contributed by atoms with Crippen LogP contribution in [-0.2, 0) is 25.6 Å². The Morgan fingerprint density at radius 3 is 2.38 bits per heavy atom. The Bertz CT molecular complexity index is 781. The minimum absolute atomic E-state index is 0.0355. The number of imidazole rings is 1. The van der Waals surface area contributed by atoms with Crippen LogP contribution >= 0.6 is 12.6 Å². The van der Waals surface area contributed by atoms with Gasteiger partial charge in [0.1, 0.15) is 18.1 Å². The van der Waals surface area contributed by atoms with Gasteiger partial charge in [0, 0.05) is 24.1 Å². The number of hydrogen-bond acceptors (Lipinski definition) is 7. The van der Waals surface area contributed by atoms with Crippen LogP contribution in [0.15, 0.2) is 12.5 Å². The third kappa shape index (κ3) is 7.83. The fourth-order valence-corrected chi connectivity index (χ4v) is 3.69. The summed E-state index contributed by atoms with van der Waals surface area (Å²) in [4.78, 5) is 56.4. The smallest absolute Gasteiger partial charge is 0.326 e. The van der Waals surface area contributed by atoms with E-state index in [1.165, 1.54) is 12.5 Å². The van der Waals surface area contributed by atoms with Crippen LogP contribution in [0, 0.1) is 5.92 Å². The molecule has 6 N–H and O–H groups in total. The quantitative estimate of drug-likeness (QED) is 0.198. The molecule has 3 amide bonds. The normalized spacial score (nSPS) is 18.6. The fraction of sp³-hybridized carbons (Fsp3) is 0.650. The number of rotatable bonds is 12. The van der Waals surface area contributed by atoms with Crippen LogP contribution in [0.25, 0.3) is 0 Å². The Kier molecular flexibility index (Phi) is 9.97. The molecule has 178 valence electrons. The molecule has 0 aromatic carbocycles. The van der Waals surface area contributed by atoms with Crippen LogP contribution in [0.4, 0.5) is 0 Å². The minimum Gasteiger partial charge on any atom is -0.480 e. The molecule has 1 aromatic rings. The van der Waals surface area contributed by atoms with Crippen molar-refractivity contribution in [3.8, 4) is 0 Å². The van der Waals surface area contributed by atoms with Gasteiger partial charge < -0.3 is 31.4 Å². The van der Waals surface area contributed by atoms with Crippen molar-refractivity contribution < 1.29 is 24.3 Å². The van der Waals surface area contributed by atoms with E-state index in [-0.39, 0.29) is 36.5 Å². The summed E-state index contributed by atoms with van der Waals surface area (Å²) < 4.78 is 0. The van der Waals surface area contributed by atoms with Gasteiger partial charge in [0.05, 0.1) is 12.4 Å². The predicted molar refractivity (Wildman–Crippen MR) is 120 cm³/mol. The van der Waals surface area contributed by atoms with Crippen molar-refractivity contribution in [1.82, 2.24) is 31.2 Å². The lowest BCUT2D eigenvalue weighted by Crippen LogP contribution is -2.58. The van der Waals surface area contributed by atoms with Crippen LogP contribution in [0.2, 0.25) is 0 Å². The van der Waals surface area contributed by atoms with Gasteiger partial charge in [-0.15, -0.1) is 0 Å². The number of aromatic nitrogens is 2. The number of aromatic amines is 1. The van der Waals surface area contributed by atoms with Crippen molar-refractivity contribution >= 4 is 36.3 Å². The third-order valence-electron chi connectivity index (χ3n) is 5.13. The maximum Gasteiger partial charge on any atom is 0.326 e. The molecule has 0 aliphatic carbocycles. The van der Waals surface area contributed by atoms with Crippen LogP contribution in [-0.4, -0.2) is 75.2 Å². The van der Waals surface area contributed by atoms with Gasteiger partial charge >= 0.3 is 5.97 Å². The predicted octanol–water partition coefficient (Wildman–Crippen LogP) is -0.781. The second-order valence-electron chi connectivity index (χ2n) is 8.26. The van der Waals surface area contributed by atoms with Crippen LogP contribution in [0.3, 0.4) is 0 Å². The molecule has 11 nitrogen and oxygen atoms in total. The first kappa shape index (κ1) is 25.7. The fourth-order valence-electron chi connectivity index (χ4n) is 3.44. The summed E-state index contributed by atoms with van der Waals surface area (Å²) in [5.74, 6) is -2.58. The van der Waals surface area contributed by atoms with Gasteiger partial charge in [-0.3, -0.25) is 14.4 Å². The zero-order valence-electron chi connectivity index (χ0n) is 18.3. The Morgan fingerprint density at radius 2 is 1.84 bits per heavy atom. The second kappa shape index (κ2) is 12.4. The Hall–Kier alpha value is -2.60. The summed E-state index contributed by atoms with van der Waals surface area (Å²) in [6.07, 6.45) is 4.83. The maximum absolute atomic E-state index is 12.9. The van der Waals surface area contributed by atoms with E-state index in [0.29, 0.717) is 12.1 Å². The highest BCUT2D eigenvalue weighted by Gasteiger charge is 2.31. The third-order valence-corrected chi connectivity index (χ3v) is 5.49. The van der Waals surface area contributed by atoms with Crippen molar-refractivity contribution in [1.29, 1.82) is 0 Å². The van der Waals surface area contributed by atoms with Crippen molar-refractivity contribution in [2.75, 3.05) is 12.3 Å². The van der Waals surface area contributed by atoms with E-state index < -0.39 is 35.9 Å². The molecule has 0 saturated carbocycles. The zero-order chi connectivity index (χ0) is 23.7. The average Bonchev–Trinajstić information content (AvgIpc) is 3.44. The average molecular weight is 469 g/mol. The van der Waals surface area contributed by atoms with Gasteiger partial charge in [0.15, 0.2) is 0 Å². The molecule has 0 radical (unpaired) electrons. The molecule has 1 saturated heterocycles. The van der Waals surface area contributed by atoms with Crippen molar-refractivity contribution in [3.05, 3.63) is 18.2 Å². The number of hydrogen-bond donors (Lipinski definition) is 7. The largest absolute Gasteiger partial charge is 0.480 e. The number of carbonyl (C=O) groups excluding carboxylic acids is 3. The van der Waals surface area contributed by atoms with Gasteiger partial charge in [-0.2, -0.15) is 12.6 Å². The van der Waals surface area contributed by atoms with Crippen molar-refractivity contribution in [2.24, 2.45) is 5.92 Å². The van der Waals surface area contributed by atoms with E-state index in [4.69, 9.17) is 0 Å². The maximum atomic E-state index is 12.9. The lowest BCUT2D eigenvalue weighted by atomic mass is 10.0. The van der Waals surface area contributed by atoms with Gasteiger partial charge in [0.2, 0.25) is 17.7 Å². The zero-order valence-corrected chi connectivity index (χ0v) is 19.2. The van der Waals surface area contributed by atoms with Crippen molar-refractivity contribution in [3.63, 3.8) is 0 Å². The number of aliphatic carboxylic acids is 1. The minimum atomic E-state index is -1.15. The van der Waals surface area contributed by atoms with Crippen LogP contribution in [0.5, 0.6) is 0 Å². The lowest BCUT2D eigenvalue weighted by Gasteiger charge is -2.24. The standard InChI is InChI=1S/C20H32N6O5S/c1-11(2)6-15(20(30)31)25-18(28)14(7-12-8-21-10-23-12)24-19(29)16(9-32)26-17(27)13-4-3-5-22-13/h8,10-11,13-16,22,32H,3-7,9H2,1-2H3,(H,21,23)(H,24,29)(H,25,28)(H,26,27)(H,30,31). The first-order valence-electron chi connectivity index (χ1n) is 10.7. The number of thiol groups is 1. The van der Waals surface area contributed by atoms with E-state index in [1.54, 1.807) is 0 Å². The Balaban J connectivity index is 2.08. The molecule has 1 aliphatic rings. The molecular formula is C20H32N6O5S. The van der Waals surface area contributed by atoms with Gasteiger partial charge in [-0.05, 0) is 31.7 Å². The monoisotopic (exact) mass is 468 g/mol. The molecule has 2 heterocycles. The van der Waals surface area contributed by atoms with E-state index >= 15 is 0 Å². The number of carboxylic acid groups (broad SMARTS) is 1. The van der Waals surface area contributed by atoms with Gasteiger partial charge in [-0.1, -0.05) is 13.8 Å². The Morgan fingerprint density at radius 1 is 1.16 bits per heavy atom. The molecular weight excluding hydrogens is 436 g/mol. The molecule has 1 fully saturated rings. The topological polar surface area (TPSA) is 165 Å². The van der Waals surface area contributed by atoms with Gasteiger partial charge in [0.25, 0.3) is 0 Å². The van der Waals surface area contributed by atoms with Crippen molar-refractivity contribution in [2.45, 2.75) is 63.7 Å². The summed E-state index contributed by atoms with van der Waals surface area (Å²) in [6.45, 7) is 4.44. The summed E-state index contributed by atoms with van der Waals surface area (Å²) >= 11 is 4.17. The summed E-state index contributed by atoms with van der Waals surface area (Å²) in [7, 11) is 0. The second-order valence-corrected chi connectivity index (χ2v) is 8.63. The van der Waals surface area contributed by atoms with Gasteiger partial charge in [-0.25, -0.2) is 9.78 Å². The number of nitrogens with zero attached hydrogens (tertiary/aromatic N) is 1. The summed E-state index contributed by atoms with van der Waals surface area (Å²) in [5.41, 5.74) is 0.586. The highest BCUT2D eigenvalue weighted by molar-refractivity contribution is 7.80. The summed E-state index contributed by atoms with van der Waals surface area (Å²) in [5, 5.41) is 20.3. The van der Waals surface area contributed by atoms with Crippen LogP contribution < -0.4 is 21.3 Å². The first-order valence-corrected chi connectivity index (χ1v) is 11.3. The highest BCUT2D eigenvalue weighted by Crippen LogP contribution is 2.08. The lowest BCUT2D eigenvalue weighted by molar-refractivity contribution is -0.142. The SMILES string of the molecule is CC(C)CC(NC(=O)C(Cc1cnc[nH]1)NC(=O)C(CS)NC(=O)C1CCCN1)C(=O)O. The molecule has 4 atom stereocenters. The van der Waals surface area contributed by atoms with E-state index in [2.05, 4.69) is 43.9 Å². The molecule has 4 unspecified atom stereocenters. The number of carboxylic acids is 1. The molecule has 1 aromatic heterocycles. The molecule has 1 aliphatic heterocycles. The Labute approximate surface area is 192 Å². The molecule has 0 bridgehead atoms. The molecule has 0 spiro atoms. The van der Waals surface area contributed by atoms with E-state index in [9.17, 15) is 24.3 Å². The van der Waals surface area contributed by atoms with E-state index in [0.717, 1.165) is 13.0 Å². The molecule has 2 rings (SSSR count). The number of amides is 3. The van der Waals surface area contributed by atoms with E-state index in [1.807, 2.05) is 13.8 Å². The van der Waals surface area contributed by atoms with Crippen LogP contribution in [0.1, 0.15) is 38.8 Å². The highest BCUT2D eigenvalue weighted by atomic mass is 32.1. The number of nitrogens with one attached hydrogen (secondary N) is 5. The summed E-state index contributed by atoms with van der Waals surface area (Å²) in [6, 6.07) is -3.46. The number of carbonyl (C=O) groups is 4. The first-order chi connectivity index (χ1) is 15.2.